The number of nitrogens with zero attached hydrogens (tertiary/aromatic N) is 5. The third-order valence-electron chi connectivity index (χ3n) is 7.04. The van der Waals surface area contributed by atoms with Crippen molar-refractivity contribution >= 4 is 23.6 Å². The number of hydrogen-bond acceptors (Lipinski definition) is 8. The number of thioether (sulfide) groups is 1. The summed E-state index contributed by atoms with van der Waals surface area (Å²) in [5, 5.41) is 27.5. The van der Waals surface area contributed by atoms with Gasteiger partial charge in [-0.3, -0.25) is 14.9 Å². The molecule has 170 valence electrons. The zero-order chi connectivity index (χ0) is 22.8. The van der Waals surface area contributed by atoms with Crippen molar-refractivity contribution < 1.29 is 14.7 Å². The number of aromatic hydroxyl groups is 1. The maximum Gasteiger partial charge on any atom is 0.250 e. The molecule has 2 aromatic rings. The van der Waals surface area contributed by atoms with E-state index in [2.05, 4.69) is 39.8 Å². The van der Waals surface area contributed by atoms with E-state index in [1.165, 1.54) is 0 Å². The highest BCUT2D eigenvalue weighted by Crippen LogP contribution is 2.59. The number of fused-ring (bicyclic) bond motifs is 1. The molecule has 0 bridgehead atoms. The number of aromatic amines is 1. The number of hydrogen-bond donors (Lipinski definition) is 3. The van der Waals surface area contributed by atoms with Gasteiger partial charge in [-0.2, -0.15) is 0 Å². The van der Waals surface area contributed by atoms with Crippen molar-refractivity contribution in [2.75, 3.05) is 0 Å². The molecule has 0 aliphatic carbocycles. The normalized spacial score (nSPS) is 30.5. The van der Waals surface area contributed by atoms with Crippen molar-refractivity contribution in [3.05, 3.63) is 35.7 Å². The maximum absolute atomic E-state index is 13.8. The molecule has 3 saturated heterocycles. The molecule has 1 aromatic carbocycles. The standard InChI is InChI=1S/C21H27N7O3S/c1-5-21(6-2)22-13(11-8-7-9-12(29)10-11)17(30)28(21)14-18(31)27-15(16-23-25-26-24-16)20(3,4)32-19(14)27/h7-10,13-15,19,22,29H,5-6H2,1-4H3,(H,23,24,25,26)/t13?,14?,15?,19-/m0/s1. The topological polar surface area (TPSA) is 127 Å². The first-order valence-electron chi connectivity index (χ1n) is 10.9. The minimum Gasteiger partial charge on any atom is -0.508 e. The Balaban J connectivity index is 1.51. The summed E-state index contributed by atoms with van der Waals surface area (Å²) in [6.07, 6.45) is 1.31. The van der Waals surface area contributed by atoms with E-state index in [1.54, 1.807) is 34.9 Å². The van der Waals surface area contributed by atoms with Crippen LogP contribution in [0.15, 0.2) is 24.3 Å². The van der Waals surface area contributed by atoms with E-state index in [0.717, 1.165) is 0 Å². The van der Waals surface area contributed by atoms with Crippen LogP contribution < -0.4 is 5.32 Å². The first-order chi connectivity index (χ1) is 15.2. The fourth-order valence-electron chi connectivity index (χ4n) is 5.44. The lowest BCUT2D eigenvalue weighted by Gasteiger charge is -2.52. The van der Waals surface area contributed by atoms with E-state index in [0.29, 0.717) is 24.2 Å². The number of rotatable bonds is 5. The predicted molar refractivity (Wildman–Crippen MR) is 117 cm³/mol. The minimum absolute atomic E-state index is 0.0903. The van der Waals surface area contributed by atoms with E-state index in [1.807, 2.05) is 24.8 Å². The molecule has 10 nitrogen and oxygen atoms in total. The van der Waals surface area contributed by atoms with Crippen molar-refractivity contribution in [1.29, 1.82) is 0 Å². The summed E-state index contributed by atoms with van der Waals surface area (Å²) in [6, 6.07) is 5.26. The number of carbonyl (C=O) groups is 2. The Morgan fingerprint density at radius 2 is 1.94 bits per heavy atom. The monoisotopic (exact) mass is 457 g/mol. The molecule has 3 fully saturated rings. The Labute approximate surface area is 190 Å². The lowest BCUT2D eigenvalue weighted by Crippen LogP contribution is -2.72. The Morgan fingerprint density at radius 1 is 1.19 bits per heavy atom. The van der Waals surface area contributed by atoms with Crippen LogP contribution >= 0.6 is 11.8 Å². The molecule has 11 heteroatoms. The second-order valence-corrected chi connectivity index (χ2v) is 10.9. The first-order valence-corrected chi connectivity index (χ1v) is 11.8. The number of benzene rings is 1. The fraction of sp³-hybridized carbons (Fsp3) is 0.571. The number of tetrazole rings is 1. The van der Waals surface area contributed by atoms with Crippen LogP contribution in [0.5, 0.6) is 5.75 Å². The molecule has 1 aromatic heterocycles. The van der Waals surface area contributed by atoms with E-state index in [-0.39, 0.29) is 33.7 Å². The van der Waals surface area contributed by atoms with E-state index in [9.17, 15) is 14.7 Å². The van der Waals surface area contributed by atoms with Crippen LogP contribution in [0.25, 0.3) is 0 Å². The van der Waals surface area contributed by atoms with Gasteiger partial charge in [-0.1, -0.05) is 26.0 Å². The summed E-state index contributed by atoms with van der Waals surface area (Å²) in [7, 11) is 0. The van der Waals surface area contributed by atoms with E-state index < -0.39 is 17.7 Å². The van der Waals surface area contributed by atoms with Crippen LogP contribution in [-0.4, -0.2) is 69.2 Å². The van der Waals surface area contributed by atoms with Crippen LogP contribution in [0.1, 0.15) is 64.0 Å². The summed E-state index contributed by atoms with van der Waals surface area (Å²) in [6.45, 7) is 8.19. The molecule has 4 heterocycles. The maximum atomic E-state index is 13.8. The average molecular weight is 458 g/mol. The van der Waals surface area contributed by atoms with Gasteiger partial charge in [-0.15, -0.1) is 16.9 Å². The zero-order valence-corrected chi connectivity index (χ0v) is 19.3. The summed E-state index contributed by atoms with van der Waals surface area (Å²) < 4.78 is -0.321. The number of carbonyl (C=O) groups excluding carboxylic acids is 2. The molecule has 5 rings (SSSR count). The highest BCUT2D eigenvalue weighted by Gasteiger charge is 2.68. The summed E-state index contributed by atoms with van der Waals surface area (Å²) in [4.78, 5) is 30.9. The average Bonchev–Trinajstić information content (AvgIpc) is 3.44. The molecule has 3 N–H and O–H groups in total. The predicted octanol–water partition coefficient (Wildman–Crippen LogP) is 1.70. The molecular formula is C21H27N7O3S. The number of β-lactam (4-membered cyclic amide) rings is 1. The summed E-state index contributed by atoms with van der Waals surface area (Å²) in [5.41, 5.74) is 0.0494. The zero-order valence-electron chi connectivity index (χ0n) is 18.4. The molecule has 4 atom stereocenters. The second-order valence-electron chi connectivity index (χ2n) is 9.11. The van der Waals surface area contributed by atoms with Crippen molar-refractivity contribution in [2.24, 2.45) is 0 Å². The van der Waals surface area contributed by atoms with Gasteiger partial charge in [0.2, 0.25) is 11.8 Å². The smallest absolute Gasteiger partial charge is 0.250 e. The molecule has 0 spiro atoms. The number of phenolic OH excluding ortho intramolecular Hbond substituents is 1. The van der Waals surface area contributed by atoms with Crippen LogP contribution in [0.4, 0.5) is 0 Å². The minimum atomic E-state index is -0.643. The number of amides is 2. The second kappa shape index (κ2) is 7.17. The fourth-order valence-corrected chi connectivity index (χ4v) is 7.12. The van der Waals surface area contributed by atoms with Crippen LogP contribution in [0, 0.1) is 0 Å². The van der Waals surface area contributed by atoms with Gasteiger partial charge >= 0.3 is 0 Å². The van der Waals surface area contributed by atoms with Crippen molar-refractivity contribution in [3.63, 3.8) is 0 Å². The number of H-pyrrole nitrogens is 1. The number of phenols is 1. The van der Waals surface area contributed by atoms with Gasteiger partial charge < -0.3 is 14.9 Å². The molecule has 2 amide bonds. The summed E-state index contributed by atoms with van der Waals surface area (Å²) >= 11 is 1.67. The molecule has 3 aliphatic rings. The quantitative estimate of drug-likeness (QED) is 0.579. The van der Waals surface area contributed by atoms with Crippen LogP contribution in [0.3, 0.4) is 0 Å². The van der Waals surface area contributed by atoms with Gasteiger partial charge in [0.25, 0.3) is 0 Å². The Bertz CT molecular complexity index is 1060. The lowest BCUT2D eigenvalue weighted by molar-refractivity contribution is -0.167. The van der Waals surface area contributed by atoms with Gasteiger partial charge in [0.05, 0.1) is 5.66 Å². The third kappa shape index (κ3) is 2.80. The van der Waals surface area contributed by atoms with Crippen LogP contribution in [0.2, 0.25) is 0 Å². The Morgan fingerprint density at radius 3 is 2.56 bits per heavy atom. The SMILES string of the molecule is CCC1(CC)NC(c2cccc(O)c2)C(=O)N1C1C(=O)N2C(c3nnn[nH]3)C(C)(C)S[C@@H]12. The van der Waals surface area contributed by atoms with Crippen molar-refractivity contribution in [2.45, 2.75) is 74.4 Å². The number of nitrogens with one attached hydrogen (secondary N) is 2. The van der Waals surface area contributed by atoms with E-state index >= 15 is 0 Å². The van der Waals surface area contributed by atoms with E-state index in [4.69, 9.17) is 0 Å². The van der Waals surface area contributed by atoms with Crippen molar-refractivity contribution in [1.82, 2.24) is 35.7 Å². The third-order valence-corrected chi connectivity index (χ3v) is 8.60. The highest BCUT2D eigenvalue weighted by molar-refractivity contribution is 8.01. The first kappa shape index (κ1) is 21.2. The Kier molecular flexibility index (Phi) is 4.75. The van der Waals surface area contributed by atoms with Gasteiger partial charge in [0.1, 0.15) is 29.2 Å². The van der Waals surface area contributed by atoms with Gasteiger partial charge in [0.15, 0.2) is 5.82 Å². The molecule has 0 radical (unpaired) electrons. The van der Waals surface area contributed by atoms with Gasteiger partial charge in [-0.25, -0.2) is 5.10 Å². The van der Waals surface area contributed by atoms with Crippen molar-refractivity contribution in [3.8, 4) is 5.75 Å². The Hall–Kier alpha value is -2.66. The highest BCUT2D eigenvalue weighted by atomic mass is 32.2. The molecule has 3 unspecified atom stereocenters. The summed E-state index contributed by atoms with van der Waals surface area (Å²) in [5.74, 6) is 0.433. The van der Waals surface area contributed by atoms with Gasteiger partial charge in [0, 0.05) is 4.75 Å². The molecule has 3 aliphatic heterocycles. The van der Waals surface area contributed by atoms with Crippen LogP contribution in [-0.2, 0) is 9.59 Å². The lowest BCUT2D eigenvalue weighted by atomic mass is 9.92. The number of aromatic nitrogens is 4. The molecule has 32 heavy (non-hydrogen) atoms. The largest absolute Gasteiger partial charge is 0.508 e. The molecule has 0 saturated carbocycles. The molecular weight excluding hydrogens is 430 g/mol. The van der Waals surface area contributed by atoms with Gasteiger partial charge in [-0.05, 0) is 54.8 Å².